The number of pyridine rings is 1. The number of benzene rings is 1. The standard InChI is InChI=1S/C19H20IN3O2/c1-2-5-25-19-12-23-16(7-18(19)24)11-22-10-14-9-21-8-13-3-4-15(20)6-17(13)14/h3-4,6-7,9-10,12,22H,2,5,8,11H2,1H3,(H,23,24). The highest BCUT2D eigenvalue weighted by molar-refractivity contribution is 14.1. The van der Waals surface area contributed by atoms with Gasteiger partial charge in [0.15, 0.2) is 11.5 Å². The Morgan fingerprint density at radius 3 is 3.04 bits per heavy atom. The summed E-state index contributed by atoms with van der Waals surface area (Å²) in [6.45, 7) is 3.82. The molecule has 5 nitrogen and oxygen atoms in total. The number of aromatic nitrogens is 1. The summed E-state index contributed by atoms with van der Waals surface area (Å²) in [5.74, 6) is 0.541. The van der Waals surface area contributed by atoms with Crippen molar-refractivity contribution in [2.45, 2.75) is 26.4 Å². The van der Waals surface area contributed by atoms with E-state index in [1.54, 1.807) is 12.3 Å². The first-order valence-corrected chi connectivity index (χ1v) is 9.28. The first-order chi connectivity index (χ1) is 12.2. The summed E-state index contributed by atoms with van der Waals surface area (Å²) < 4.78 is 6.63. The maximum atomic E-state index is 10.00. The van der Waals surface area contributed by atoms with Crippen molar-refractivity contribution in [3.05, 3.63) is 57.1 Å². The zero-order valence-corrected chi connectivity index (χ0v) is 16.2. The van der Waals surface area contributed by atoms with Gasteiger partial charge in [0, 0.05) is 27.6 Å². The quantitative estimate of drug-likeness (QED) is 0.657. The fourth-order valence-corrected chi connectivity index (χ4v) is 3.03. The maximum Gasteiger partial charge on any atom is 0.179 e. The number of ether oxygens (including phenoxy) is 1. The van der Waals surface area contributed by atoms with Gasteiger partial charge in [-0.2, -0.15) is 0 Å². The Bertz CT molecular complexity index is 818. The first-order valence-electron chi connectivity index (χ1n) is 8.20. The molecule has 2 heterocycles. The van der Waals surface area contributed by atoms with Crippen molar-refractivity contribution >= 4 is 34.4 Å². The van der Waals surface area contributed by atoms with Crippen LogP contribution in [-0.2, 0) is 13.1 Å². The monoisotopic (exact) mass is 449 g/mol. The second-order valence-corrected chi connectivity index (χ2v) is 6.99. The normalized spacial score (nSPS) is 14.4. The van der Waals surface area contributed by atoms with Crippen LogP contribution in [0.2, 0.25) is 0 Å². The molecule has 0 spiro atoms. The van der Waals surface area contributed by atoms with E-state index >= 15 is 0 Å². The highest BCUT2D eigenvalue weighted by Crippen LogP contribution is 2.26. The van der Waals surface area contributed by atoms with Crippen LogP contribution in [0.15, 0.2) is 41.7 Å². The number of aromatic hydroxyl groups is 1. The van der Waals surface area contributed by atoms with Crippen LogP contribution in [-0.4, -0.2) is 22.9 Å². The van der Waals surface area contributed by atoms with E-state index in [0.29, 0.717) is 18.9 Å². The van der Waals surface area contributed by atoms with Gasteiger partial charge in [0.2, 0.25) is 0 Å². The van der Waals surface area contributed by atoms with E-state index in [1.807, 2.05) is 19.3 Å². The molecule has 0 unspecified atom stereocenters. The van der Waals surface area contributed by atoms with E-state index < -0.39 is 0 Å². The lowest BCUT2D eigenvalue weighted by Crippen LogP contribution is -2.10. The summed E-state index contributed by atoms with van der Waals surface area (Å²) in [7, 11) is 0. The Morgan fingerprint density at radius 2 is 2.24 bits per heavy atom. The molecule has 1 aromatic heterocycles. The predicted molar refractivity (Wildman–Crippen MR) is 108 cm³/mol. The second-order valence-electron chi connectivity index (χ2n) is 5.74. The number of halogens is 1. The van der Waals surface area contributed by atoms with Gasteiger partial charge in [0.1, 0.15) is 0 Å². The third-order valence-electron chi connectivity index (χ3n) is 3.78. The van der Waals surface area contributed by atoms with Crippen molar-refractivity contribution in [1.82, 2.24) is 10.3 Å². The van der Waals surface area contributed by atoms with E-state index in [1.165, 1.54) is 14.7 Å². The van der Waals surface area contributed by atoms with Crippen molar-refractivity contribution in [3.63, 3.8) is 0 Å². The minimum Gasteiger partial charge on any atom is -0.504 e. The lowest BCUT2D eigenvalue weighted by Gasteiger charge is -2.14. The number of allylic oxidation sites excluding steroid dienone is 1. The Labute approximate surface area is 161 Å². The first kappa shape index (κ1) is 17.7. The van der Waals surface area contributed by atoms with Crippen LogP contribution >= 0.6 is 22.6 Å². The topological polar surface area (TPSA) is 66.7 Å². The van der Waals surface area contributed by atoms with E-state index in [0.717, 1.165) is 24.2 Å². The molecule has 0 atom stereocenters. The molecule has 25 heavy (non-hydrogen) atoms. The maximum absolute atomic E-state index is 10.00. The summed E-state index contributed by atoms with van der Waals surface area (Å²) >= 11 is 2.32. The molecule has 130 valence electrons. The number of rotatable bonds is 6. The van der Waals surface area contributed by atoms with E-state index in [9.17, 15) is 5.11 Å². The number of hydrogen-bond acceptors (Lipinski definition) is 5. The molecule has 3 rings (SSSR count). The zero-order valence-electron chi connectivity index (χ0n) is 14.0. The van der Waals surface area contributed by atoms with Crippen LogP contribution in [0.3, 0.4) is 0 Å². The van der Waals surface area contributed by atoms with Gasteiger partial charge in [-0.25, -0.2) is 0 Å². The van der Waals surface area contributed by atoms with Gasteiger partial charge < -0.3 is 15.2 Å². The van der Waals surface area contributed by atoms with Gasteiger partial charge in [-0.15, -0.1) is 0 Å². The molecular formula is C19H20IN3O2. The number of fused-ring (bicyclic) bond motifs is 1. The molecule has 0 saturated carbocycles. The van der Waals surface area contributed by atoms with Crippen LogP contribution in [0.25, 0.3) is 5.57 Å². The van der Waals surface area contributed by atoms with Gasteiger partial charge in [0.05, 0.1) is 31.6 Å². The molecule has 1 aliphatic rings. The Hall–Kier alpha value is -2.09. The lowest BCUT2D eigenvalue weighted by molar-refractivity contribution is 0.297. The molecule has 2 N–H and O–H groups in total. The van der Waals surface area contributed by atoms with Crippen molar-refractivity contribution in [3.8, 4) is 11.5 Å². The number of nitrogens with zero attached hydrogens (tertiary/aromatic N) is 2. The molecule has 1 aromatic carbocycles. The van der Waals surface area contributed by atoms with Crippen molar-refractivity contribution in [2.24, 2.45) is 4.99 Å². The summed E-state index contributed by atoms with van der Waals surface area (Å²) in [6, 6.07) is 8.01. The predicted octanol–water partition coefficient (Wildman–Crippen LogP) is 3.90. The molecule has 0 amide bonds. The molecule has 2 aromatic rings. The summed E-state index contributed by atoms with van der Waals surface area (Å²) in [5.41, 5.74) is 4.22. The fourth-order valence-electron chi connectivity index (χ4n) is 2.54. The molecule has 1 aliphatic heterocycles. The Morgan fingerprint density at radius 1 is 1.36 bits per heavy atom. The van der Waals surface area contributed by atoms with Crippen LogP contribution < -0.4 is 10.1 Å². The summed E-state index contributed by atoms with van der Waals surface area (Å²) in [5, 5.41) is 13.2. The largest absolute Gasteiger partial charge is 0.504 e. The van der Waals surface area contributed by atoms with Gasteiger partial charge >= 0.3 is 0 Å². The zero-order chi connectivity index (χ0) is 17.6. The van der Waals surface area contributed by atoms with Crippen molar-refractivity contribution in [1.29, 1.82) is 0 Å². The van der Waals surface area contributed by atoms with Crippen molar-refractivity contribution < 1.29 is 9.84 Å². The SMILES string of the molecule is CCCOc1cnc(CNC=C2C=NCc3ccc(I)cc32)cc1O. The van der Waals surface area contributed by atoms with Crippen LogP contribution in [0.4, 0.5) is 0 Å². The minimum absolute atomic E-state index is 0.118. The van der Waals surface area contributed by atoms with Gasteiger partial charge in [0.25, 0.3) is 0 Å². The molecule has 6 heteroatoms. The molecular weight excluding hydrogens is 429 g/mol. The van der Waals surface area contributed by atoms with Crippen LogP contribution in [0.5, 0.6) is 11.5 Å². The smallest absolute Gasteiger partial charge is 0.179 e. The van der Waals surface area contributed by atoms with Gasteiger partial charge in [-0.1, -0.05) is 13.0 Å². The second kappa shape index (κ2) is 8.33. The fraction of sp³-hybridized carbons (Fsp3) is 0.263. The van der Waals surface area contributed by atoms with Crippen LogP contribution in [0.1, 0.15) is 30.2 Å². The van der Waals surface area contributed by atoms with E-state index in [4.69, 9.17) is 4.74 Å². The average molecular weight is 449 g/mol. The lowest BCUT2D eigenvalue weighted by atomic mass is 9.99. The molecule has 0 saturated heterocycles. The van der Waals surface area contributed by atoms with E-state index in [2.05, 4.69) is 56.1 Å². The molecule has 0 radical (unpaired) electrons. The van der Waals surface area contributed by atoms with Gasteiger partial charge in [-0.3, -0.25) is 9.98 Å². The summed E-state index contributed by atoms with van der Waals surface area (Å²) in [4.78, 5) is 8.72. The van der Waals surface area contributed by atoms with E-state index in [-0.39, 0.29) is 5.75 Å². The number of hydrogen-bond donors (Lipinski definition) is 2. The number of aliphatic imine (C=N–C) groups is 1. The molecule has 0 aliphatic carbocycles. The third kappa shape index (κ3) is 4.50. The highest BCUT2D eigenvalue weighted by Gasteiger charge is 2.11. The minimum atomic E-state index is 0.118. The average Bonchev–Trinajstić information content (AvgIpc) is 2.61. The van der Waals surface area contributed by atoms with Crippen molar-refractivity contribution in [2.75, 3.05) is 6.61 Å². The Balaban J connectivity index is 1.67. The third-order valence-corrected chi connectivity index (χ3v) is 4.45. The number of nitrogens with one attached hydrogen (secondary N) is 1. The molecule has 0 fully saturated rings. The molecule has 0 bridgehead atoms. The van der Waals surface area contributed by atoms with Gasteiger partial charge in [-0.05, 0) is 52.3 Å². The highest BCUT2D eigenvalue weighted by atomic mass is 127. The summed E-state index contributed by atoms with van der Waals surface area (Å²) in [6.07, 6.45) is 6.28. The van der Waals surface area contributed by atoms with Crippen LogP contribution in [0, 0.1) is 3.57 Å². The Kier molecular flexibility index (Phi) is 5.91.